The fourth-order valence-electron chi connectivity index (χ4n) is 3.46. The first-order chi connectivity index (χ1) is 14.0. The minimum atomic E-state index is -0.702. The van der Waals surface area contributed by atoms with Crippen LogP contribution < -0.4 is 15.6 Å². The molecular weight excluding hydrogens is 386 g/mol. The Hall–Kier alpha value is -3.19. The summed E-state index contributed by atoms with van der Waals surface area (Å²) in [6, 6.07) is 14.2. The zero-order valence-corrected chi connectivity index (χ0v) is 17.2. The van der Waals surface area contributed by atoms with Gasteiger partial charge >= 0.3 is 0 Å². The molecule has 4 aromatic rings. The molecule has 0 saturated carbocycles. The maximum absolute atomic E-state index is 13.3. The minimum absolute atomic E-state index is 0.236. The van der Waals surface area contributed by atoms with Crippen LogP contribution in [0.4, 0.5) is 5.69 Å². The summed E-state index contributed by atoms with van der Waals surface area (Å²) in [5, 5.41) is 8.91. The number of carbonyl (C=O) groups excluding carboxylic acids is 1. The lowest BCUT2D eigenvalue weighted by Gasteiger charge is -2.17. The van der Waals surface area contributed by atoms with Gasteiger partial charge in [0.2, 0.25) is 5.91 Å². The van der Waals surface area contributed by atoms with Crippen molar-refractivity contribution in [1.29, 1.82) is 0 Å². The molecule has 1 N–H and O–H groups in total. The van der Waals surface area contributed by atoms with Gasteiger partial charge in [-0.15, -0.1) is 11.3 Å². The zero-order chi connectivity index (χ0) is 20.5. The third-order valence-corrected chi connectivity index (χ3v) is 6.23. The average molecular weight is 407 g/mol. The SMILES string of the molecule is CC[C@@H](C(=O)Nc1ccc(OC)cc1)n1nc(C)c2sc3ccccc3c2c1=O. The van der Waals surface area contributed by atoms with Crippen molar-refractivity contribution < 1.29 is 9.53 Å². The topological polar surface area (TPSA) is 73.2 Å². The quantitative estimate of drug-likeness (QED) is 0.528. The summed E-state index contributed by atoms with van der Waals surface area (Å²) >= 11 is 1.56. The first-order valence-electron chi connectivity index (χ1n) is 9.39. The highest BCUT2D eigenvalue weighted by atomic mass is 32.1. The number of hydrogen-bond donors (Lipinski definition) is 1. The number of carbonyl (C=O) groups is 1. The Morgan fingerprint density at radius 1 is 1.21 bits per heavy atom. The summed E-state index contributed by atoms with van der Waals surface area (Å²) in [6.07, 6.45) is 0.446. The van der Waals surface area contributed by atoms with E-state index >= 15 is 0 Å². The molecule has 148 valence electrons. The number of thiophene rings is 1. The van der Waals surface area contributed by atoms with E-state index in [1.165, 1.54) is 4.68 Å². The Kier molecular flexibility index (Phi) is 5.07. The molecule has 0 unspecified atom stereocenters. The van der Waals surface area contributed by atoms with Gasteiger partial charge in [-0.25, -0.2) is 4.68 Å². The van der Waals surface area contributed by atoms with Gasteiger partial charge in [0.1, 0.15) is 11.8 Å². The summed E-state index contributed by atoms with van der Waals surface area (Å²) in [7, 11) is 1.59. The zero-order valence-electron chi connectivity index (χ0n) is 16.4. The van der Waals surface area contributed by atoms with Crippen LogP contribution in [0.3, 0.4) is 0 Å². The normalized spacial score (nSPS) is 12.2. The second kappa shape index (κ2) is 7.67. The fourth-order valence-corrected chi connectivity index (χ4v) is 4.59. The van der Waals surface area contributed by atoms with Crippen LogP contribution in [0.1, 0.15) is 25.1 Å². The predicted octanol–water partition coefficient (Wildman–Crippen LogP) is 4.52. The average Bonchev–Trinajstić information content (AvgIpc) is 3.13. The van der Waals surface area contributed by atoms with E-state index in [0.29, 0.717) is 23.2 Å². The van der Waals surface area contributed by atoms with Gasteiger partial charge in [-0.3, -0.25) is 9.59 Å². The van der Waals surface area contributed by atoms with Crippen LogP contribution in [0.2, 0.25) is 0 Å². The van der Waals surface area contributed by atoms with Gasteiger partial charge in [-0.2, -0.15) is 5.10 Å². The Labute approximate surface area is 171 Å². The standard InChI is InChI=1S/C22H21N3O3S/c1-4-17(21(26)23-14-9-11-15(28-3)12-10-14)25-22(27)19-16-7-5-6-8-18(16)29-20(19)13(2)24-25/h5-12,17H,4H2,1-3H3,(H,23,26)/t17-/m0/s1. The van der Waals surface area contributed by atoms with E-state index in [0.717, 1.165) is 20.5 Å². The van der Waals surface area contributed by atoms with Crippen LogP contribution in [-0.2, 0) is 4.79 Å². The number of methoxy groups -OCH3 is 1. The van der Waals surface area contributed by atoms with Crippen LogP contribution in [0.5, 0.6) is 5.75 Å². The molecule has 4 rings (SSSR count). The molecule has 0 saturated heterocycles. The molecule has 0 bridgehead atoms. The molecule has 1 atom stereocenters. The number of hydrogen-bond acceptors (Lipinski definition) is 5. The van der Waals surface area contributed by atoms with Crippen molar-refractivity contribution in [3.63, 3.8) is 0 Å². The third-order valence-electron chi connectivity index (χ3n) is 4.95. The largest absolute Gasteiger partial charge is 0.497 e. The maximum Gasteiger partial charge on any atom is 0.276 e. The molecule has 0 radical (unpaired) electrons. The second-order valence-electron chi connectivity index (χ2n) is 6.78. The van der Waals surface area contributed by atoms with Crippen molar-refractivity contribution in [2.75, 3.05) is 12.4 Å². The van der Waals surface area contributed by atoms with E-state index in [-0.39, 0.29) is 11.5 Å². The van der Waals surface area contributed by atoms with Gasteiger partial charge in [-0.1, -0.05) is 25.1 Å². The Morgan fingerprint density at radius 2 is 1.93 bits per heavy atom. The Morgan fingerprint density at radius 3 is 2.62 bits per heavy atom. The number of benzene rings is 2. The van der Waals surface area contributed by atoms with Crippen molar-refractivity contribution in [3.05, 3.63) is 64.6 Å². The number of aryl methyl sites for hydroxylation is 1. The lowest BCUT2D eigenvalue weighted by atomic mass is 10.1. The number of ether oxygens (including phenoxy) is 1. The third kappa shape index (κ3) is 3.38. The molecule has 1 amide bonds. The van der Waals surface area contributed by atoms with Gasteiger partial charge < -0.3 is 10.1 Å². The first kappa shape index (κ1) is 19.1. The van der Waals surface area contributed by atoms with Crippen LogP contribution in [0.15, 0.2) is 53.3 Å². The summed E-state index contributed by atoms with van der Waals surface area (Å²) in [5.41, 5.74) is 1.15. The van der Waals surface area contributed by atoms with Crippen LogP contribution in [0.25, 0.3) is 20.2 Å². The Bertz CT molecular complexity index is 1260. The number of aromatic nitrogens is 2. The van der Waals surface area contributed by atoms with E-state index in [4.69, 9.17) is 4.74 Å². The monoisotopic (exact) mass is 407 g/mol. The van der Waals surface area contributed by atoms with Crippen LogP contribution in [0, 0.1) is 6.92 Å². The summed E-state index contributed by atoms with van der Waals surface area (Å²) in [4.78, 5) is 26.3. The molecule has 0 aliphatic carbocycles. The second-order valence-corrected chi connectivity index (χ2v) is 7.83. The fraction of sp³-hybridized carbons (Fsp3) is 0.227. The number of anilines is 1. The highest BCUT2D eigenvalue weighted by Gasteiger charge is 2.24. The van der Waals surface area contributed by atoms with E-state index in [1.807, 2.05) is 38.1 Å². The molecule has 2 heterocycles. The Balaban J connectivity index is 1.76. The summed E-state index contributed by atoms with van der Waals surface area (Å²) < 4.78 is 8.38. The molecule has 0 aliphatic rings. The molecule has 2 aromatic heterocycles. The molecule has 6 nitrogen and oxygen atoms in total. The molecule has 0 spiro atoms. The van der Waals surface area contributed by atoms with E-state index in [2.05, 4.69) is 10.4 Å². The molecule has 7 heteroatoms. The smallest absolute Gasteiger partial charge is 0.276 e. The lowest BCUT2D eigenvalue weighted by Crippen LogP contribution is -2.35. The number of fused-ring (bicyclic) bond motifs is 3. The molecular formula is C22H21N3O3S. The van der Waals surface area contributed by atoms with Crippen molar-refractivity contribution >= 4 is 43.1 Å². The van der Waals surface area contributed by atoms with Crippen molar-refractivity contribution in [3.8, 4) is 5.75 Å². The van der Waals surface area contributed by atoms with E-state index < -0.39 is 6.04 Å². The van der Waals surface area contributed by atoms with Gasteiger partial charge in [0.15, 0.2) is 0 Å². The summed E-state index contributed by atoms with van der Waals surface area (Å²) in [6.45, 7) is 3.75. The molecule has 0 fully saturated rings. The number of nitrogens with zero attached hydrogens (tertiary/aromatic N) is 2. The first-order valence-corrected chi connectivity index (χ1v) is 10.2. The molecule has 2 aromatic carbocycles. The maximum atomic E-state index is 13.3. The minimum Gasteiger partial charge on any atom is -0.497 e. The highest BCUT2D eigenvalue weighted by Crippen LogP contribution is 2.33. The predicted molar refractivity (Wildman–Crippen MR) is 117 cm³/mol. The van der Waals surface area contributed by atoms with Crippen molar-refractivity contribution in [2.45, 2.75) is 26.3 Å². The number of amides is 1. The lowest BCUT2D eigenvalue weighted by molar-refractivity contribution is -0.119. The number of rotatable bonds is 5. The molecule has 29 heavy (non-hydrogen) atoms. The van der Waals surface area contributed by atoms with E-state index in [1.54, 1.807) is 42.7 Å². The molecule has 0 aliphatic heterocycles. The van der Waals surface area contributed by atoms with Crippen LogP contribution >= 0.6 is 11.3 Å². The van der Waals surface area contributed by atoms with Gasteiger partial charge in [0.25, 0.3) is 5.56 Å². The van der Waals surface area contributed by atoms with Crippen molar-refractivity contribution in [2.24, 2.45) is 0 Å². The van der Waals surface area contributed by atoms with Gasteiger partial charge in [0.05, 0.1) is 22.9 Å². The summed E-state index contributed by atoms with van der Waals surface area (Å²) in [5.74, 6) is 0.434. The van der Waals surface area contributed by atoms with Crippen LogP contribution in [-0.4, -0.2) is 22.8 Å². The number of nitrogens with one attached hydrogen (secondary N) is 1. The van der Waals surface area contributed by atoms with Gasteiger partial charge in [-0.05, 0) is 43.7 Å². The highest BCUT2D eigenvalue weighted by molar-refractivity contribution is 7.26. The van der Waals surface area contributed by atoms with Gasteiger partial charge in [0, 0.05) is 15.8 Å². The van der Waals surface area contributed by atoms with E-state index in [9.17, 15) is 9.59 Å². The van der Waals surface area contributed by atoms with Crippen molar-refractivity contribution in [1.82, 2.24) is 9.78 Å².